The number of nitrogens with one attached hydrogen (secondary N) is 1. The van der Waals surface area contributed by atoms with Crippen LogP contribution in [0.1, 0.15) is 5.56 Å². The maximum Gasteiger partial charge on any atom is 0.262 e. The summed E-state index contributed by atoms with van der Waals surface area (Å²) < 4.78 is 32.8. The first-order chi connectivity index (χ1) is 10.4. The van der Waals surface area contributed by atoms with Gasteiger partial charge in [0.2, 0.25) is 0 Å². The summed E-state index contributed by atoms with van der Waals surface area (Å²) >= 11 is 5.94. The van der Waals surface area contributed by atoms with Crippen LogP contribution in [0.2, 0.25) is 5.02 Å². The van der Waals surface area contributed by atoms with Crippen LogP contribution in [0, 0.1) is 6.92 Å². The first kappa shape index (κ1) is 16.4. The molecule has 0 amide bonds. The molecule has 0 saturated heterocycles. The summed E-state index contributed by atoms with van der Waals surface area (Å²) in [4.78, 5) is 0.174. The lowest BCUT2D eigenvalue weighted by Gasteiger charge is -2.13. The molecule has 0 aliphatic carbocycles. The zero-order valence-corrected chi connectivity index (χ0v) is 13.6. The molecule has 0 bridgehead atoms. The second-order valence-electron chi connectivity index (χ2n) is 4.66. The molecule has 22 heavy (non-hydrogen) atoms. The lowest BCUT2D eigenvalue weighted by Crippen LogP contribution is -2.14. The molecule has 0 heterocycles. The predicted octanol–water partition coefficient (Wildman–Crippen LogP) is 4.01. The molecular formula is C16H16ClNO3S. The number of anilines is 1. The molecule has 0 aliphatic rings. The van der Waals surface area contributed by atoms with Crippen LogP contribution in [0.5, 0.6) is 5.75 Å². The minimum atomic E-state index is -3.71. The molecule has 2 aromatic rings. The van der Waals surface area contributed by atoms with Crippen molar-refractivity contribution >= 4 is 27.3 Å². The Kier molecular flexibility index (Phi) is 5.11. The zero-order valence-electron chi connectivity index (χ0n) is 12.0. The van der Waals surface area contributed by atoms with E-state index in [1.54, 1.807) is 42.5 Å². The normalized spacial score (nSPS) is 11.0. The Balaban J connectivity index is 2.34. The Bertz CT molecular complexity index is 770. The fraction of sp³-hybridized carbons (Fsp3) is 0.125. The number of benzene rings is 2. The second kappa shape index (κ2) is 6.85. The molecule has 0 aliphatic heterocycles. The van der Waals surface area contributed by atoms with Crippen LogP contribution in [0.4, 0.5) is 5.69 Å². The topological polar surface area (TPSA) is 55.4 Å². The number of rotatable bonds is 6. The summed E-state index contributed by atoms with van der Waals surface area (Å²) in [6.45, 7) is 5.72. The monoisotopic (exact) mass is 337 g/mol. The van der Waals surface area contributed by atoms with E-state index in [2.05, 4.69) is 11.3 Å². The minimum absolute atomic E-state index is 0.174. The maximum atomic E-state index is 12.4. The fourth-order valence-corrected chi connectivity index (χ4v) is 3.01. The van der Waals surface area contributed by atoms with E-state index in [0.717, 1.165) is 5.56 Å². The van der Waals surface area contributed by atoms with Crippen LogP contribution in [-0.2, 0) is 10.0 Å². The molecule has 116 valence electrons. The summed E-state index contributed by atoms with van der Waals surface area (Å²) in [5.41, 5.74) is 1.27. The fourth-order valence-electron chi connectivity index (χ4n) is 1.78. The molecule has 0 radical (unpaired) electrons. The Hall–Kier alpha value is -1.98. The van der Waals surface area contributed by atoms with E-state index < -0.39 is 10.0 Å². The zero-order chi connectivity index (χ0) is 16.2. The van der Waals surface area contributed by atoms with Gasteiger partial charge in [-0.2, -0.15) is 0 Å². The number of hydrogen-bond acceptors (Lipinski definition) is 3. The van der Waals surface area contributed by atoms with Crippen molar-refractivity contribution in [3.8, 4) is 5.75 Å². The van der Waals surface area contributed by atoms with Crippen molar-refractivity contribution in [2.24, 2.45) is 0 Å². The Morgan fingerprint density at radius 1 is 1.23 bits per heavy atom. The highest BCUT2D eigenvalue weighted by molar-refractivity contribution is 7.92. The number of ether oxygens (including phenoxy) is 1. The van der Waals surface area contributed by atoms with Crippen molar-refractivity contribution < 1.29 is 13.2 Å². The average molecular weight is 338 g/mol. The van der Waals surface area contributed by atoms with E-state index in [9.17, 15) is 8.42 Å². The molecule has 2 aromatic carbocycles. The molecule has 0 aromatic heterocycles. The molecule has 1 N–H and O–H groups in total. The first-order valence-electron chi connectivity index (χ1n) is 6.55. The van der Waals surface area contributed by atoms with Gasteiger partial charge in [-0.05, 0) is 37.3 Å². The maximum absolute atomic E-state index is 12.4. The Labute approximate surface area is 135 Å². The molecular weight excluding hydrogens is 322 g/mol. The van der Waals surface area contributed by atoms with E-state index in [1.165, 1.54) is 6.07 Å². The quantitative estimate of drug-likeness (QED) is 0.810. The van der Waals surface area contributed by atoms with Crippen molar-refractivity contribution in [2.45, 2.75) is 11.8 Å². The highest BCUT2D eigenvalue weighted by Crippen LogP contribution is 2.30. The van der Waals surface area contributed by atoms with Gasteiger partial charge in [-0.1, -0.05) is 42.0 Å². The van der Waals surface area contributed by atoms with Gasteiger partial charge in [-0.3, -0.25) is 4.72 Å². The molecule has 0 unspecified atom stereocenters. The molecule has 2 rings (SSSR count). The van der Waals surface area contributed by atoms with Crippen molar-refractivity contribution in [3.63, 3.8) is 0 Å². The van der Waals surface area contributed by atoms with Crippen LogP contribution < -0.4 is 9.46 Å². The lowest BCUT2D eigenvalue weighted by atomic mass is 10.2. The number of sulfonamides is 1. The van der Waals surface area contributed by atoms with Gasteiger partial charge in [0.25, 0.3) is 10.0 Å². The number of hydrogen-bond donors (Lipinski definition) is 1. The van der Waals surface area contributed by atoms with Crippen molar-refractivity contribution in [2.75, 3.05) is 11.3 Å². The summed E-state index contributed by atoms with van der Waals surface area (Å²) in [6.07, 6.45) is 1.58. The van der Waals surface area contributed by atoms with Crippen molar-refractivity contribution in [3.05, 3.63) is 65.7 Å². The van der Waals surface area contributed by atoms with Gasteiger partial charge in [0.15, 0.2) is 0 Å². The average Bonchev–Trinajstić information content (AvgIpc) is 2.46. The van der Waals surface area contributed by atoms with E-state index in [4.69, 9.17) is 16.3 Å². The number of aryl methyl sites for hydroxylation is 1. The third-order valence-electron chi connectivity index (χ3n) is 2.87. The van der Waals surface area contributed by atoms with Gasteiger partial charge in [0.05, 0.1) is 10.6 Å². The van der Waals surface area contributed by atoms with Crippen molar-refractivity contribution in [1.29, 1.82) is 0 Å². The standard InChI is InChI=1S/C16H16ClNO3S/c1-3-10-21-16-9-6-13(17)11-15(16)18-22(19,20)14-7-4-12(2)5-8-14/h3-9,11,18H,1,10H2,2H3. The SMILES string of the molecule is C=CCOc1ccc(Cl)cc1NS(=O)(=O)c1ccc(C)cc1. The van der Waals surface area contributed by atoms with Crippen LogP contribution in [0.3, 0.4) is 0 Å². The van der Waals surface area contributed by atoms with Crippen LogP contribution in [0.15, 0.2) is 60.0 Å². The summed E-state index contributed by atoms with van der Waals surface area (Å²) in [5, 5.41) is 0.410. The largest absolute Gasteiger partial charge is 0.487 e. The Morgan fingerprint density at radius 2 is 1.91 bits per heavy atom. The molecule has 6 heteroatoms. The van der Waals surface area contributed by atoms with E-state index in [0.29, 0.717) is 10.8 Å². The highest BCUT2D eigenvalue weighted by Gasteiger charge is 2.16. The van der Waals surface area contributed by atoms with Crippen molar-refractivity contribution in [1.82, 2.24) is 0 Å². The van der Waals surface area contributed by atoms with E-state index in [1.807, 2.05) is 6.92 Å². The van der Waals surface area contributed by atoms with Gasteiger partial charge >= 0.3 is 0 Å². The lowest BCUT2D eigenvalue weighted by molar-refractivity contribution is 0.365. The van der Waals surface area contributed by atoms with Gasteiger partial charge in [0.1, 0.15) is 12.4 Å². The number of halogens is 1. The summed E-state index contributed by atoms with van der Waals surface area (Å²) in [5.74, 6) is 0.389. The van der Waals surface area contributed by atoms with E-state index in [-0.39, 0.29) is 17.2 Å². The Morgan fingerprint density at radius 3 is 2.55 bits per heavy atom. The van der Waals surface area contributed by atoms with Crippen LogP contribution >= 0.6 is 11.6 Å². The van der Waals surface area contributed by atoms with Gasteiger partial charge in [-0.25, -0.2) is 8.42 Å². The van der Waals surface area contributed by atoms with Gasteiger partial charge in [0, 0.05) is 5.02 Å². The predicted molar refractivity (Wildman–Crippen MR) is 89.1 cm³/mol. The second-order valence-corrected chi connectivity index (χ2v) is 6.78. The third-order valence-corrected chi connectivity index (χ3v) is 4.49. The molecule has 0 atom stereocenters. The van der Waals surface area contributed by atoms with Gasteiger partial charge < -0.3 is 4.74 Å². The third kappa shape index (κ3) is 4.02. The smallest absolute Gasteiger partial charge is 0.262 e. The first-order valence-corrected chi connectivity index (χ1v) is 8.41. The molecule has 4 nitrogen and oxygen atoms in total. The van der Waals surface area contributed by atoms with Gasteiger partial charge in [-0.15, -0.1) is 0 Å². The van der Waals surface area contributed by atoms with Crippen LogP contribution in [-0.4, -0.2) is 15.0 Å². The molecule has 0 saturated carbocycles. The highest BCUT2D eigenvalue weighted by atomic mass is 35.5. The molecule has 0 spiro atoms. The summed E-state index contributed by atoms with van der Waals surface area (Å²) in [7, 11) is -3.71. The van der Waals surface area contributed by atoms with E-state index >= 15 is 0 Å². The summed E-state index contributed by atoms with van der Waals surface area (Å²) in [6, 6.07) is 11.3. The minimum Gasteiger partial charge on any atom is -0.487 e. The van der Waals surface area contributed by atoms with Crippen LogP contribution in [0.25, 0.3) is 0 Å². The molecule has 0 fully saturated rings.